The summed E-state index contributed by atoms with van der Waals surface area (Å²) in [4.78, 5) is 0. The third-order valence-corrected chi connectivity index (χ3v) is 9.85. The quantitative estimate of drug-likeness (QED) is 0.165. The average Bonchev–Trinajstić information content (AvgIpc) is 3.28. The molecule has 0 saturated carbocycles. The van der Waals surface area contributed by atoms with E-state index in [2.05, 4.69) is 105 Å². The van der Waals surface area contributed by atoms with Gasteiger partial charge in [-0.15, -0.1) is 0 Å². The molecule has 4 aromatic carbocycles. The minimum absolute atomic E-state index is 0.284. The van der Waals surface area contributed by atoms with Crippen LogP contribution >= 0.6 is 0 Å². The SMILES string of the molecule is Cc1cc[n+](C)c(-c2c(C)ccc3c2oc2c(-c4ccc(-c5ccc([Si](C)(C)C)cc5)cc4)c(F)ccc23)c1. The Bertz CT molecular complexity index is 1860. The highest BCUT2D eigenvalue weighted by atomic mass is 28.3. The molecule has 2 aromatic heterocycles. The fourth-order valence-electron chi connectivity index (χ4n) is 5.48. The second-order valence-corrected chi connectivity index (χ2v) is 16.7. The summed E-state index contributed by atoms with van der Waals surface area (Å²) >= 11 is 0. The number of benzene rings is 4. The molecule has 2 heterocycles. The molecule has 39 heavy (non-hydrogen) atoms. The third-order valence-electron chi connectivity index (χ3n) is 7.79. The van der Waals surface area contributed by atoms with Gasteiger partial charge in [0.2, 0.25) is 5.69 Å². The molecule has 0 spiro atoms. The van der Waals surface area contributed by atoms with Gasteiger partial charge in [0.1, 0.15) is 24.0 Å². The first kappa shape index (κ1) is 25.3. The van der Waals surface area contributed by atoms with E-state index in [-0.39, 0.29) is 5.82 Å². The van der Waals surface area contributed by atoms with Gasteiger partial charge in [-0.3, -0.25) is 0 Å². The van der Waals surface area contributed by atoms with Crippen LogP contribution in [0, 0.1) is 19.7 Å². The number of hydrogen-bond acceptors (Lipinski definition) is 1. The number of aromatic nitrogens is 1. The molecule has 0 radical (unpaired) electrons. The minimum atomic E-state index is -1.35. The number of rotatable bonds is 4. The fourth-order valence-corrected chi connectivity index (χ4v) is 6.65. The molecule has 2 nitrogen and oxygen atoms in total. The number of pyridine rings is 1. The van der Waals surface area contributed by atoms with Crippen molar-refractivity contribution in [2.75, 3.05) is 0 Å². The van der Waals surface area contributed by atoms with E-state index in [1.54, 1.807) is 6.07 Å². The van der Waals surface area contributed by atoms with Crippen molar-refractivity contribution in [1.29, 1.82) is 0 Å². The van der Waals surface area contributed by atoms with Crippen LogP contribution in [0.3, 0.4) is 0 Å². The van der Waals surface area contributed by atoms with Crippen molar-refractivity contribution in [2.24, 2.45) is 7.05 Å². The molecule has 4 heteroatoms. The summed E-state index contributed by atoms with van der Waals surface area (Å²) < 4.78 is 24.2. The molecule has 194 valence electrons. The lowest BCUT2D eigenvalue weighted by atomic mass is 9.97. The second kappa shape index (κ2) is 9.32. The van der Waals surface area contributed by atoms with Gasteiger partial charge in [-0.25, -0.2) is 8.96 Å². The Morgan fingerprint density at radius 1 is 0.667 bits per heavy atom. The molecule has 0 fully saturated rings. The van der Waals surface area contributed by atoms with Crippen LogP contribution < -0.4 is 9.75 Å². The number of nitrogens with zero attached hydrogens (tertiary/aromatic N) is 1. The van der Waals surface area contributed by atoms with Crippen molar-refractivity contribution >= 4 is 35.2 Å². The van der Waals surface area contributed by atoms with Crippen molar-refractivity contribution < 1.29 is 13.4 Å². The monoisotopic (exact) mass is 530 g/mol. The van der Waals surface area contributed by atoms with Gasteiger partial charge in [-0.05, 0) is 53.8 Å². The third kappa shape index (κ3) is 4.39. The van der Waals surface area contributed by atoms with Crippen LogP contribution in [0.5, 0.6) is 0 Å². The standard InChI is InChI=1S/C35H33FNOSi/c1-22-19-20-37(3)31(21-22)32-23(2)7-16-28-29-17-18-30(36)33(35(29)38-34(28)32)26-10-8-24(9-11-26)25-12-14-27(15-13-25)39(4,5)6/h7-21H,1-6H3/q+1. The van der Waals surface area contributed by atoms with Gasteiger partial charge < -0.3 is 4.42 Å². The Kier molecular flexibility index (Phi) is 6.04. The first-order valence-electron chi connectivity index (χ1n) is 13.4. The van der Waals surface area contributed by atoms with Gasteiger partial charge in [0, 0.05) is 22.9 Å². The van der Waals surface area contributed by atoms with Crippen molar-refractivity contribution in [1.82, 2.24) is 0 Å². The van der Waals surface area contributed by atoms with Gasteiger partial charge in [-0.1, -0.05) is 85.5 Å². The van der Waals surface area contributed by atoms with Gasteiger partial charge in [0.05, 0.1) is 19.2 Å². The summed E-state index contributed by atoms with van der Waals surface area (Å²) in [6.07, 6.45) is 2.07. The molecular weight excluding hydrogens is 497 g/mol. The molecule has 0 aliphatic heterocycles. The van der Waals surface area contributed by atoms with E-state index in [1.165, 1.54) is 10.8 Å². The van der Waals surface area contributed by atoms with E-state index < -0.39 is 8.07 Å². The number of furan rings is 1. The van der Waals surface area contributed by atoms with Crippen molar-refractivity contribution in [3.63, 3.8) is 0 Å². The molecule has 0 bridgehead atoms. The van der Waals surface area contributed by atoms with Crippen LogP contribution in [0.1, 0.15) is 11.1 Å². The van der Waals surface area contributed by atoms with Crippen molar-refractivity contribution in [3.8, 4) is 33.5 Å². The number of halogens is 1. The maximum absolute atomic E-state index is 15.5. The highest BCUT2D eigenvalue weighted by Crippen LogP contribution is 2.41. The number of hydrogen-bond donors (Lipinski definition) is 0. The first-order chi connectivity index (χ1) is 18.6. The van der Waals surface area contributed by atoms with Gasteiger partial charge in [-0.2, -0.15) is 0 Å². The Morgan fingerprint density at radius 2 is 1.23 bits per heavy atom. The predicted molar refractivity (Wildman–Crippen MR) is 164 cm³/mol. The van der Waals surface area contributed by atoms with Gasteiger partial charge >= 0.3 is 0 Å². The van der Waals surface area contributed by atoms with Crippen molar-refractivity contribution in [2.45, 2.75) is 33.5 Å². The van der Waals surface area contributed by atoms with Crippen LogP contribution in [-0.2, 0) is 7.05 Å². The zero-order valence-electron chi connectivity index (χ0n) is 23.4. The maximum atomic E-state index is 15.5. The second-order valence-electron chi connectivity index (χ2n) is 11.6. The highest BCUT2D eigenvalue weighted by Gasteiger charge is 2.23. The summed E-state index contributed by atoms with van der Waals surface area (Å²) in [6.45, 7) is 11.3. The normalized spacial score (nSPS) is 12.0. The smallest absolute Gasteiger partial charge is 0.216 e. The fraction of sp³-hybridized carbons (Fsp3) is 0.171. The average molecular weight is 531 g/mol. The molecule has 6 rings (SSSR count). The first-order valence-corrected chi connectivity index (χ1v) is 16.9. The van der Waals surface area contributed by atoms with E-state index >= 15 is 4.39 Å². The molecule has 6 aromatic rings. The van der Waals surface area contributed by atoms with Crippen LogP contribution in [0.25, 0.3) is 55.4 Å². The zero-order valence-corrected chi connectivity index (χ0v) is 24.4. The molecule has 0 unspecified atom stereocenters. The largest absolute Gasteiger partial charge is 0.454 e. The Morgan fingerprint density at radius 3 is 1.87 bits per heavy atom. The molecule has 0 saturated heterocycles. The summed E-state index contributed by atoms with van der Waals surface area (Å²) in [7, 11) is 0.697. The summed E-state index contributed by atoms with van der Waals surface area (Å²) in [5.41, 5.74) is 9.37. The molecule has 0 atom stereocenters. The molecule has 0 N–H and O–H groups in total. The van der Waals surface area contributed by atoms with E-state index in [4.69, 9.17) is 4.42 Å². The van der Waals surface area contributed by atoms with Crippen LogP contribution in [0.15, 0.2) is 95.5 Å². The van der Waals surface area contributed by atoms with E-state index in [9.17, 15) is 0 Å². The Balaban J connectivity index is 1.49. The lowest BCUT2D eigenvalue weighted by molar-refractivity contribution is -0.660. The van der Waals surface area contributed by atoms with E-state index in [1.807, 2.05) is 25.2 Å². The summed E-state index contributed by atoms with van der Waals surface area (Å²) in [5, 5.41) is 3.35. The maximum Gasteiger partial charge on any atom is 0.216 e. The minimum Gasteiger partial charge on any atom is -0.454 e. The topological polar surface area (TPSA) is 17.0 Å². The van der Waals surface area contributed by atoms with Gasteiger partial charge in [0.15, 0.2) is 6.20 Å². The van der Waals surface area contributed by atoms with Gasteiger partial charge in [0.25, 0.3) is 0 Å². The number of aryl methyl sites for hydroxylation is 3. The zero-order chi connectivity index (χ0) is 27.5. The Hall–Kier alpha value is -4.02. The lowest BCUT2D eigenvalue weighted by Gasteiger charge is -2.16. The lowest BCUT2D eigenvalue weighted by Crippen LogP contribution is -2.37. The predicted octanol–water partition coefficient (Wildman–Crippen LogP) is 8.71. The molecule has 0 aliphatic carbocycles. The Labute approximate surface area is 230 Å². The van der Waals surface area contributed by atoms with E-state index in [0.717, 1.165) is 49.9 Å². The number of fused-ring (bicyclic) bond motifs is 3. The molecule has 0 aliphatic rings. The summed E-state index contributed by atoms with van der Waals surface area (Å²) in [6, 6.07) is 28.9. The summed E-state index contributed by atoms with van der Waals surface area (Å²) in [5.74, 6) is -0.284. The molecule has 0 amide bonds. The van der Waals surface area contributed by atoms with Crippen LogP contribution in [0.2, 0.25) is 19.6 Å². The highest BCUT2D eigenvalue weighted by molar-refractivity contribution is 6.88. The molecular formula is C35H33FNOSi+. The van der Waals surface area contributed by atoms with Crippen LogP contribution in [0.4, 0.5) is 4.39 Å². The van der Waals surface area contributed by atoms with E-state index in [0.29, 0.717) is 11.1 Å². The van der Waals surface area contributed by atoms with Crippen molar-refractivity contribution in [3.05, 3.63) is 108 Å². The van der Waals surface area contributed by atoms with Crippen LogP contribution in [-0.4, -0.2) is 8.07 Å².